The molecule has 2 aromatic carbocycles. The molecule has 0 radical (unpaired) electrons. The molecule has 2 nitrogen and oxygen atoms in total. The number of nitrogens with two attached hydrogens (primary N) is 2. The van der Waals surface area contributed by atoms with Crippen molar-refractivity contribution in [3.63, 3.8) is 0 Å². The van der Waals surface area contributed by atoms with E-state index in [1.54, 1.807) is 0 Å². The summed E-state index contributed by atoms with van der Waals surface area (Å²) >= 11 is 0. The van der Waals surface area contributed by atoms with Crippen molar-refractivity contribution < 1.29 is 0 Å². The molecule has 2 heteroatoms. The van der Waals surface area contributed by atoms with E-state index in [4.69, 9.17) is 11.5 Å². The molecule has 0 aromatic heterocycles. The van der Waals surface area contributed by atoms with Crippen LogP contribution in [0.1, 0.15) is 70.3 Å². The van der Waals surface area contributed by atoms with E-state index in [1.807, 2.05) is 18.2 Å². The maximum atomic E-state index is 6.21. The average molecular weight is 313 g/mol. The van der Waals surface area contributed by atoms with Crippen LogP contribution in [0.4, 0.5) is 11.4 Å². The van der Waals surface area contributed by atoms with Crippen LogP contribution >= 0.6 is 0 Å². The Morgan fingerprint density at radius 2 is 1.39 bits per heavy atom. The number of hydrogen-bond acceptors (Lipinski definition) is 2. The molecule has 0 atom stereocenters. The fourth-order valence-electron chi connectivity index (χ4n) is 3.26. The van der Waals surface area contributed by atoms with Gasteiger partial charge in [-0.2, -0.15) is 0 Å². The van der Waals surface area contributed by atoms with Gasteiger partial charge in [-0.1, -0.05) is 70.4 Å². The van der Waals surface area contributed by atoms with Crippen molar-refractivity contribution in [3.05, 3.63) is 35.9 Å². The minimum absolute atomic E-state index is 0.809. The summed E-state index contributed by atoms with van der Waals surface area (Å²) in [5.74, 6) is 0. The molecule has 0 heterocycles. The topological polar surface area (TPSA) is 52.0 Å². The van der Waals surface area contributed by atoms with Gasteiger partial charge in [0.15, 0.2) is 0 Å². The lowest BCUT2D eigenvalue weighted by Crippen LogP contribution is -1.96. The van der Waals surface area contributed by atoms with Crippen molar-refractivity contribution in [2.24, 2.45) is 0 Å². The summed E-state index contributed by atoms with van der Waals surface area (Å²) in [6, 6.07) is 10.3. The van der Waals surface area contributed by atoms with Gasteiger partial charge < -0.3 is 11.5 Å². The largest absolute Gasteiger partial charge is 0.398 e. The highest BCUT2D eigenvalue weighted by Crippen LogP contribution is 2.27. The smallest absolute Gasteiger partial charge is 0.0394 e. The summed E-state index contributed by atoms with van der Waals surface area (Å²) in [7, 11) is 0. The Bertz CT molecular complexity index is 604. The van der Waals surface area contributed by atoms with Crippen molar-refractivity contribution in [3.8, 4) is 0 Å². The highest BCUT2D eigenvalue weighted by atomic mass is 14.6. The second-order valence-electron chi connectivity index (χ2n) is 6.70. The molecule has 0 bridgehead atoms. The van der Waals surface area contributed by atoms with Crippen molar-refractivity contribution >= 4 is 22.1 Å². The van der Waals surface area contributed by atoms with Gasteiger partial charge >= 0.3 is 0 Å². The zero-order chi connectivity index (χ0) is 16.5. The summed E-state index contributed by atoms with van der Waals surface area (Å²) < 4.78 is 0. The fraction of sp³-hybridized carbons (Fsp3) is 0.524. The zero-order valence-corrected chi connectivity index (χ0v) is 14.6. The van der Waals surface area contributed by atoms with Crippen LogP contribution in [-0.2, 0) is 6.42 Å². The van der Waals surface area contributed by atoms with E-state index in [-0.39, 0.29) is 0 Å². The molecule has 0 saturated heterocycles. The number of nitrogen functional groups attached to an aromatic ring is 2. The van der Waals surface area contributed by atoms with Crippen LogP contribution in [0.5, 0.6) is 0 Å². The maximum Gasteiger partial charge on any atom is 0.0394 e. The number of benzene rings is 2. The zero-order valence-electron chi connectivity index (χ0n) is 14.6. The monoisotopic (exact) mass is 312 g/mol. The number of anilines is 2. The van der Waals surface area contributed by atoms with E-state index in [9.17, 15) is 0 Å². The second-order valence-corrected chi connectivity index (χ2v) is 6.70. The van der Waals surface area contributed by atoms with Gasteiger partial charge in [-0.05, 0) is 42.0 Å². The van der Waals surface area contributed by atoms with Crippen molar-refractivity contribution in [1.82, 2.24) is 0 Å². The van der Waals surface area contributed by atoms with Crippen molar-refractivity contribution in [1.29, 1.82) is 0 Å². The lowest BCUT2D eigenvalue weighted by Gasteiger charge is -2.09. The lowest BCUT2D eigenvalue weighted by molar-refractivity contribution is 0.565. The third kappa shape index (κ3) is 5.46. The van der Waals surface area contributed by atoms with Gasteiger partial charge in [0.1, 0.15) is 0 Å². The quantitative estimate of drug-likeness (QED) is 0.413. The van der Waals surface area contributed by atoms with E-state index in [0.717, 1.165) is 23.2 Å². The van der Waals surface area contributed by atoms with Gasteiger partial charge in [0.05, 0.1) is 0 Å². The molecular formula is C21H32N2. The first-order valence-corrected chi connectivity index (χ1v) is 9.29. The standard InChI is InChI=1S/C21H32N2/c1-2-3-4-5-6-7-8-9-10-12-18-15-17-13-11-14-20(22)19(17)16-21(18)23/h11,13-16H,2-10,12,22-23H2,1H3. The normalized spacial score (nSPS) is 11.2. The first kappa shape index (κ1) is 17.7. The molecule has 0 aliphatic rings. The SMILES string of the molecule is CCCCCCCCCCCc1cc2cccc(N)c2cc1N. The predicted molar refractivity (Wildman–Crippen MR) is 104 cm³/mol. The lowest BCUT2D eigenvalue weighted by atomic mass is 9.99. The summed E-state index contributed by atoms with van der Waals surface area (Å²) in [6.45, 7) is 2.27. The Kier molecular flexibility index (Phi) is 7.25. The van der Waals surface area contributed by atoms with Gasteiger partial charge in [0.2, 0.25) is 0 Å². The van der Waals surface area contributed by atoms with Crippen LogP contribution in [0.15, 0.2) is 30.3 Å². The van der Waals surface area contributed by atoms with E-state index < -0.39 is 0 Å². The molecule has 0 spiro atoms. The molecule has 4 N–H and O–H groups in total. The van der Waals surface area contributed by atoms with E-state index in [1.165, 1.54) is 68.7 Å². The molecule has 126 valence electrons. The van der Waals surface area contributed by atoms with Gasteiger partial charge in [-0.3, -0.25) is 0 Å². The molecule has 23 heavy (non-hydrogen) atoms. The van der Waals surface area contributed by atoms with Gasteiger partial charge in [-0.15, -0.1) is 0 Å². The molecule has 2 aromatic rings. The first-order chi connectivity index (χ1) is 11.2. The molecule has 0 saturated carbocycles. The number of unbranched alkanes of at least 4 members (excludes halogenated alkanes) is 8. The van der Waals surface area contributed by atoms with Crippen molar-refractivity contribution in [2.75, 3.05) is 11.5 Å². The average Bonchev–Trinajstić information content (AvgIpc) is 2.54. The van der Waals surface area contributed by atoms with Crippen LogP contribution in [-0.4, -0.2) is 0 Å². The van der Waals surface area contributed by atoms with Crippen LogP contribution < -0.4 is 11.5 Å². The number of hydrogen-bond donors (Lipinski definition) is 2. The van der Waals surface area contributed by atoms with Crippen LogP contribution in [0, 0.1) is 0 Å². The Morgan fingerprint density at radius 1 is 0.739 bits per heavy atom. The number of aryl methyl sites for hydroxylation is 1. The molecule has 0 unspecified atom stereocenters. The third-order valence-corrected chi connectivity index (χ3v) is 4.72. The molecule has 2 rings (SSSR count). The summed E-state index contributed by atoms with van der Waals surface area (Å²) in [5, 5.41) is 2.27. The molecule has 0 aliphatic heterocycles. The summed E-state index contributed by atoms with van der Waals surface area (Å²) in [6.07, 6.45) is 13.3. The minimum Gasteiger partial charge on any atom is -0.398 e. The fourth-order valence-corrected chi connectivity index (χ4v) is 3.26. The molecule has 0 fully saturated rings. The Labute approximate surface area is 141 Å². The summed E-state index contributed by atoms with van der Waals surface area (Å²) in [4.78, 5) is 0. The third-order valence-electron chi connectivity index (χ3n) is 4.72. The minimum atomic E-state index is 0.809. The van der Waals surface area contributed by atoms with Crippen molar-refractivity contribution in [2.45, 2.75) is 71.1 Å². The summed E-state index contributed by atoms with van der Waals surface area (Å²) in [5.41, 5.74) is 15.2. The van der Waals surface area contributed by atoms with Gasteiger partial charge in [0.25, 0.3) is 0 Å². The Balaban J connectivity index is 1.74. The Hall–Kier alpha value is -1.70. The highest BCUT2D eigenvalue weighted by molar-refractivity contribution is 5.95. The number of rotatable bonds is 10. The van der Waals surface area contributed by atoms with Gasteiger partial charge in [-0.25, -0.2) is 0 Å². The maximum absolute atomic E-state index is 6.21. The molecular weight excluding hydrogens is 280 g/mol. The highest BCUT2D eigenvalue weighted by Gasteiger charge is 2.04. The van der Waals surface area contributed by atoms with Crippen LogP contribution in [0.25, 0.3) is 10.8 Å². The Morgan fingerprint density at radius 3 is 2.09 bits per heavy atom. The first-order valence-electron chi connectivity index (χ1n) is 9.29. The number of fused-ring (bicyclic) bond motifs is 1. The molecule has 0 amide bonds. The van der Waals surface area contributed by atoms with E-state index in [0.29, 0.717) is 0 Å². The van der Waals surface area contributed by atoms with Gasteiger partial charge in [0, 0.05) is 16.8 Å². The molecule has 0 aliphatic carbocycles. The predicted octanol–water partition coefficient (Wildman–Crippen LogP) is 6.08. The van der Waals surface area contributed by atoms with E-state index in [2.05, 4.69) is 19.1 Å². The van der Waals surface area contributed by atoms with Crippen LogP contribution in [0.2, 0.25) is 0 Å². The van der Waals surface area contributed by atoms with Crippen LogP contribution in [0.3, 0.4) is 0 Å². The second kappa shape index (κ2) is 9.44. The van der Waals surface area contributed by atoms with E-state index >= 15 is 0 Å².